The van der Waals surface area contributed by atoms with Crippen molar-refractivity contribution in [3.05, 3.63) is 0 Å². The number of hydrogen-bond donors (Lipinski definition) is 1. The number of rotatable bonds is 10. The van der Waals surface area contributed by atoms with E-state index in [9.17, 15) is 5.11 Å². The molecule has 142 valence electrons. The van der Waals surface area contributed by atoms with Crippen molar-refractivity contribution in [2.24, 2.45) is 11.8 Å². The van der Waals surface area contributed by atoms with Crippen molar-refractivity contribution in [1.29, 1.82) is 0 Å². The van der Waals surface area contributed by atoms with Gasteiger partial charge in [0.05, 0.1) is 6.61 Å². The van der Waals surface area contributed by atoms with Crippen LogP contribution in [0.3, 0.4) is 0 Å². The molecule has 2 heterocycles. The molecule has 2 aliphatic heterocycles. The molecule has 0 radical (unpaired) electrons. The second kappa shape index (κ2) is 8.98. The van der Waals surface area contributed by atoms with Crippen LogP contribution < -0.4 is 0 Å². The molecule has 2 aliphatic rings. The molecule has 0 amide bonds. The van der Waals surface area contributed by atoms with Crippen molar-refractivity contribution in [2.45, 2.75) is 110 Å². The van der Waals surface area contributed by atoms with Crippen LogP contribution in [-0.4, -0.2) is 40.9 Å². The molecule has 4 nitrogen and oxygen atoms in total. The Morgan fingerprint density at radius 2 is 1.54 bits per heavy atom. The molecule has 0 aromatic carbocycles. The highest BCUT2D eigenvalue weighted by atomic mass is 16.6. The van der Waals surface area contributed by atoms with Crippen molar-refractivity contribution in [3.8, 4) is 0 Å². The maximum absolute atomic E-state index is 11.3. The molecule has 6 unspecified atom stereocenters. The van der Waals surface area contributed by atoms with Gasteiger partial charge in [-0.2, -0.15) is 0 Å². The van der Waals surface area contributed by atoms with Crippen molar-refractivity contribution in [2.75, 3.05) is 6.61 Å². The Balaban J connectivity index is 2.20. The minimum absolute atomic E-state index is 0.00261. The summed E-state index contributed by atoms with van der Waals surface area (Å²) in [5.74, 6) is 0.938. The summed E-state index contributed by atoms with van der Waals surface area (Å²) in [6.45, 7) is 11.3. The summed E-state index contributed by atoms with van der Waals surface area (Å²) in [6, 6.07) is 0. The van der Waals surface area contributed by atoms with E-state index >= 15 is 0 Å². The molecule has 0 aliphatic carbocycles. The van der Waals surface area contributed by atoms with E-state index in [1.165, 1.54) is 25.7 Å². The quantitative estimate of drug-likeness (QED) is 0.635. The fourth-order valence-corrected chi connectivity index (χ4v) is 4.39. The van der Waals surface area contributed by atoms with Crippen LogP contribution >= 0.6 is 0 Å². The van der Waals surface area contributed by atoms with E-state index in [1.54, 1.807) is 0 Å². The van der Waals surface area contributed by atoms with E-state index in [2.05, 4.69) is 32.6 Å². The molecule has 1 N–H and O–H groups in total. The number of nitrogens with zero attached hydrogens (tertiary/aromatic N) is 1. The number of hydrogen-bond acceptors (Lipinski definition) is 4. The first kappa shape index (κ1) is 20.2. The highest BCUT2D eigenvalue weighted by molar-refractivity contribution is 5.01. The van der Waals surface area contributed by atoms with E-state index in [4.69, 9.17) is 9.47 Å². The Bertz CT molecular complexity index is 378. The van der Waals surface area contributed by atoms with Crippen molar-refractivity contribution < 1.29 is 14.6 Å². The summed E-state index contributed by atoms with van der Waals surface area (Å²) in [7, 11) is 0. The fraction of sp³-hybridized carbons (Fsp3) is 1.00. The fourth-order valence-electron chi connectivity index (χ4n) is 4.39. The Kier molecular flexibility index (Phi) is 7.54. The summed E-state index contributed by atoms with van der Waals surface area (Å²) in [4.78, 5) is 2.21. The summed E-state index contributed by atoms with van der Waals surface area (Å²) >= 11 is 0. The van der Waals surface area contributed by atoms with Gasteiger partial charge in [0.2, 0.25) is 0 Å². The van der Waals surface area contributed by atoms with Gasteiger partial charge in [0.1, 0.15) is 18.6 Å². The van der Waals surface area contributed by atoms with Gasteiger partial charge in [0.15, 0.2) is 5.72 Å². The number of aliphatic hydroxyl groups is 1. The highest BCUT2D eigenvalue weighted by Crippen LogP contribution is 2.45. The molecule has 0 spiro atoms. The highest BCUT2D eigenvalue weighted by Gasteiger charge is 2.61. The van der Waals surface area contributed by atoms with Crippen LogP contribution in [0.4, 0.5) is 0 Å². The van der Waals surface area contributed by atoms with E-state index in [1.807, 2.05) is 6.92 Å². The zero-order valence-corrected chi connectivity index (χ0v) is 16.5. The predicted octanol–water partition coefficient (Wildman–Crippen LogP) is 4.51. The Labute approximate surface area is 148 Å². The first-order valence-electron chi connectivity index (χ1n) is 10.3. The van der Waals surface area contributed by atoms with Crippen LogP contribution in [0.25, 0.3) is 0 Å². The zero-order valence-electron chi connectivity index (χ0n) is 16.5. The Morgan fingerprint density at radius 1 is 1.00 bits per heavy atom. The monoisotopic (exact) mass is 341 g/mol. The van der Waals surface area contributed by atoms with Gasteiger partial charge in [-0.1, -0.05) is 53.4 Å². The van der Waals surface area contributed by atoms with Gasteiger partial charge in [-0.3, -0.25) is 0 Å². The molecule has 2 rings (SSSR count). The van der Waals surface area contributed by atoms with Gasteiger partial charge >= 0.3 is 0 Å². The second-order valence-corrected chi connectivity index (χ2v) is 7.78. The van der Waals surface area contributed by atoms with E-state index in [0.717, 1.165) is 25.7 Å². The van der Waals surface area contributed by atoms with Gasteiger partial charge in [-0.15, -0.1) is 0 Å². The molecular weight excluding hydrogens is 302 g/mol. The number of ether oxygens (including phenoxy) is 2. The lowest BCUT2D eigenvalue weighted by Crippen LogP contribution is -2.54. The summed E-state index contributed by atoms with van der Waals surface area (Å²) in [5.41, 5.74) is -0.950. The van der Waals surface area contributed by atoms with E-state index in [0.29, 0.717) is 18.4 Å². The van der Waals surface area contributed by atoms with E-state index < -0.39 is 5.72 Å². The van der Waals surface area contributed by atoms with Gasteiger partial charge in [0, 0.05) is 0 Å². The summed E-state index contributed by atoms with van der Waals surface area (Å²) in [5, 5.41) is 11.3. The molecular formula is C20H39NO3. The molecule has 0 aromatic rings. The standard InChI is InChI=1S/C20H39NO3/c1-6-10-12-16(8-3)18-21-19(17(9-4)13-11-7-2)24-15(5)20(21,22)14-23-18/h15-19,22H,6-14H2,1-5H3. The third-order valence-electron chi connectivity index (χ3n) is 6.17. The normalized spacial score (nSPS) is 36.0. The number of unbranched alkanes of at least 4 members (excludes halogenated alkanes) is 2. The molecule has 0 saturated carbocycles. The average Bonchev–Trinajstić information content (AvgIpc) is 3.05. The third-order valence-corrected chi connectivity index (χ3v) is 6.17. The van der Waals surface area contributed by atoms with Crippen LogP contribution in [0, 0.1) is 11.8 Å². The van der Waals surface area contributed by atoms with E-state index in [-0.39, 0.29) is 18.6 Å². The smallest absolute Gasteiger partial charge is 0.172 e. The molecule has 0 bridgehead atoms. The van der Waals surface area contributed by atoms with Crippen LogP contribution in [0.5, 0.6) is 0 Å². The van der Waals surface area contributed by atoms with Gasteiger partial charge in [-0.25, -0.2) is 4.90 Å². The number of fused-ring (bicyclic) bond motifs is 1. The lowest BCUT2D eigenvalue weighted by atomic mass is 9.92. The maximum atomic E-state index is 11.3. The topological polar surface area (TPSA) is 41.9 Å². The molecule has 6 atom stereocenters. The molecule has 0 aromatic heterocycles. The minimum Gasteiger partial charge on any atom is -0.371 e. The van der Waals surface area contributed by atoms with Crippen molar-refractivity contribution >= 4 is 0 Å². The molecule has 2 saturated heterocycles. The molecule has 24 heavy (non-hydrogen) atoms. The van der Waals surface area contributed by atoms with Gasteiger partial charge < -0.3 is 14.6 Å². The van der Waals surface area contributed by atoms with Crippen molar-refractivity contribution in [1.82, 2.24) is 4.90 Å². The maximum Gasteiger partial charge on any atom is 0.172 e. The lowest BCUT2D eigenvalue weighted by Gasteiger charge is -2.37. The second-order valence-electron chi connectivity index (χ2n) is 7.78. The first-order valence-corrected chi connectivity index (χ1v) is 10.3. The SMILES string of the molecule is CCCCC(CC)C1OCC2(O)C(C)OC(C(CC)CCCC)N12. The third kappa shape index (κ3) is 3.82. The largest absolute Gasteiger partial charge is 0.371 e. The first-order chi connectivity index (χ1) is 11.5. The van der Waals surface area contributed by atoms with Crippen LogP contribution in [0.15, 0.2) is 0 Å². The Morgan fingerprint density at radius 3 is 2.04 bits per heavy atom. The van der Waals surface area contributed by atoms with Crippen LogP contribution in [0.2, 0.25) is 0 Å². The molecule has 2 fully saturated rings. The lowest BCUT2D eigenvalue weighted by molar-refractivity contribution is -0.124. The van der Waals surface area contributed by atoms with Crippen molar-refractivity contribution in [3.63, 3.8) is 0 Å². The van der Waals surface area contributed by atoms with Crippen LogP contribution in [-0.2, 0) is 9.47 Å². The molecule has 4 heteroatoms. The summed E-state index contributed by atoms with van der Waals surface area (Å²) in [6.07, 6.45) is 9.15. The zero-order chi connectivity index (χ0) is 17.7. The average molecular weight is 342 g/mol. The van der Waals surface area contributed by atoms with Crippen LogP contribution in [0.1, 0.15) is 86.0 Å². The van der Waals surface area contributed by atoms with Gasteiger partial charge in [-0.05, 0) is 44.4 Å². The minimum atomic E-state index is -0.950. The summed E-state index contributed by atoms with van der Waals surface area (Å²) < 4.78 is 12.5. The van der Waals surface area contributed by atoms with Gasteiger partial charge in [0.25, 0.3) is 0 Å². The Hall–Kier alpha value is -0.160. The predicted molar refractivity (Wildman–Crippen MR) is 97.5 cm³/mol.